The van der Waals surface area contributed by atoms with Crippen molar-refractivity contribution in [2.45, 2.75) is 13.1 Å². The average molecular weight is 483 g/mol. The van der Waals surface area contributed by atoms with Gasteiger partial charge in [-0.3, -0.25) is 4.99 Å². The Morgan fingerprint density at radius 2 is 1.88 bits per heavy atom. The first kappa shape index (κ1) is 20.9. The van der Waals surface area contributed by atoms with Crippen molar-refractivity contribution >= 4 is 53.1 Å². The number of methoxy groups -OCH3 is 1. The van der Waals surface area contributed by atoms with Crippen molar-refractivity contribution in [3.63, 3.8) is 0 Å². The number of nitrogens with one attached hydrogen (secondary N) is 2. The van der Waals surface area contributed by atoms with Crippen LogP contribution in [0.1, 0.15) is 11.3 Å². The second-order valence-corrected chi connectivity index (χ2v) is 5.69. The van der Waals surface area contributed by atoms with Crippen molar-refractivity contribution in [1.29, 1.82) is 0 Å². The lowest BCUT2D eigenvalue weighted by Gasteiger charge is -2.14. The lowest BCUT2D eigenvalue weighted by atomic mass is 10.2. The van der Waals surface area contributed by atoms with Gasteiger partial charge in [0.25, 0.3) is 0 Å². The van der Waals surface area contributed by atoms with Crippen molar-refractivity contribution < 1.29 is 4.74 Å². The lowest BCUT2D eigenvalue weighted by molar-refractivity contribution is 0.409. The number of hydrogen-bond donors (Lipinski definition) is 2. The number of ether oxygens (including phenoxy) is 1. The summed E-state index contributed by atoms with van der Waals surface area (Å²) in [5, 5.41) is 7.56. The third-order valence-electron chi connectivity index (χ3n) is 3.52. The van der Waals surface area contributed by atoms with E-state index in [0.29, 0.717) is 29.2 Å². The first-order valence-corrected chi connectivity index (χ1v) is 7.88. The number of rotatable bonds is 5. The van der Waals surface area contributed by atoms with Gasteiger partial charge in [0.05, 0.1) is 18.7 Å². The number of nitrogens with zero attached hydrogens (tertiary/aromatic N) is 2. The predicted octanol–water partition coefficient (Wildman–Crippen LogP) is 3.82. The monoisotopic (exact) mass is 482 g/mol. The molecule has 0 aliphatic carbocycles. The van der Waals surface area contributed by atoms with Crippen LogP contribution in [0.15, 0.2) is 35.3 Å². The first-order valence-electron chi connectivity index (χ1n) is 7.12. The topological polar surface area (TPSA) is 50.6 Å². The first-order chi connectivity index (χ1) is 11.1. The Balaban J connectivity index is 0.00000288. The van der Waals surface area contributed by atoms with Gasteiger partial charge in [-0.25, -0.2) is 0 Å². The third-order valence-corrected chi connectivity index (χ3v) is 4.36. The predicted molar refractivity (Wildman–Crippen MR) is 111 cm³/mol. The Morgan fingerprint density at radius 1 is 1.21 bits per heavy atom. The van der Waals surface area contributed by atoms with E-state index in [-0.39, 0.29) is 24.0 Å². The van der Waals surface area contributed by atoms with E-state index in [9.17, 15) is 0 Å². The van der Waals surface area contributed by atoms with Crippen LogP contribution in [0, 0.1) is 0 Å². The highest BCUT2D eigenvalue weighted by Gasteiger charge is 2.09. The standard InChI is InChI=1S/C16H20Cl2N4O.HI/c1-19-16(20-9-11-6-4-5-7-14(11)23-3)21-10-12-8-13(17)15(18)22(12)2;/h4-8H,9-10H2,1-3H3,(H2,19,20,21);1H. The van der Waals surface area contributed by atoms with Gasteiger partial charge in [-0.15, -0.1) is 24.0 Å². The van der Waals surface area contributed by atoms with Gasteiger partial charge in [-0.1, -0.05) is 41.4 Å². The summed E-state index contributed by atoms with van der Waals surface area (Å²) in [6.45, 7) is 1.17. The number of benzene rings is 1. The lowest BCUT2D eigenvalue weighted by Crippen LogP contribution is -2.36. The summed E-state index contributed by atoms with van der Waals surface area (Å²) in [5.74, 6) is 1.53. The van der Waals surface area contributed by atoms with E-state index in [1.807, 2.05) is 41.9 Å². The molecule has 1 aromatic heterocycles. The molecule has 0 radical (unpaired) electrons. The highest BCUT2D eigenvalue weighted by Crippen LogP contribution is 2.24. The van der Waals surface area contributed by atoms with Gasteiger partial charge < -0.3 is 19.9 Å². The molecule has 1 aromatic carbocycles. The summed E-state index contributed by atoms with van der Waals surface area (Å²) in [6.07, 6.45) is 0. The van der Waals surface area contributed by atoms with Crippen molar-refractivity contribution in [2.75, 3.05) is 14.2 Å². The van der Waals surface area contributed by atoms with Crippen molar-refractivity contribution in [3.05, 3.63) is 51.8 Å². The van der Waals surface area contributed by atoms with Gasteiger partial charge in [0.2, 0.25) is 0 Å². The number of aromatic nitrogens is 1. The maximum atomic E-state index is 6.07. The molecular weight excluding hydrogens is 462 g/mol. The number of para-hydroxylation sites is 1. The minimum Gasteiger partial charge on any atom is -0.496 e. The minimum absolute atomic E-state index is 0. The minimum atomic E-state index is 0. The van der Waals surface area contributed by atoms with Crippen molar-refractivity contribution in [2.24, 2.45) is 12.0 Å². The van der Waals surface area contributed by atoms with Crippen LogP contribution < -0.4 is 15.4 Å². The number of aliphatic imine (C=N–C) groups is 1. The molecule has 0 aliphatic heterocycles. The molecule has 8 heteroatoms. The molecule has 0 fully saturated rings. The van der Waals surface area contributed by atoms with Gasteiger partial charge in [0, 0.05) is 31.9 Å². The Morgan fingerprint density at radius 3 is 2.46 bits per heavy atom. The van der Waals surface area contributed by atoms with Crippen molar-refractivity contribution in [3.8, 4) is 5.75 Å². The molecule has 1 heterocycles. The van der Waals surface area contributed by atoms with E-state index in [1.165, 1.54) is 0 Å². The molecule has 24 heavy (non-hydrogen) atoms. The fourth-order valence-corrected chi connectivity index (χ4v) is 2.60. The molecule has 132 valence electrons. The van der Waals surface area contributed by atoms with E-state index in [1.54, 1.807) is 14.2 Å². The van der Waals surface area contributed by atoms with Gasteiger partial charge in [-0.05, 0) is 12.1 Å². The van der Waals surface area contributed by atoms with E-state index >= 15 is 0 Å². The molecule has 2 rings (SSSR count). The van der Waals surface area contributed by atoms with Gasteiger partial charge in [0.1, 0.15) is 10.9 Å². The van der Waals surface area contributed by atoms with Crippen LogP contribution in [0.4, 0.5) is 0 Å². The summed E-state index contributed by atoms with van der Waals surface area (Å²) < 4.78 is 7.18. The van der Waals surface area contributed by atoms with Crippen LogP contribution in [0.3, 0.4) is 0 Å². The molecule has 2 N–H and O–H groups in total. The number of guanidine groups is 1. The fraction of sp³-hybridized carbons (Fsp3) is 0.312. The Kier molecular flexibility index (Phi) is 8.72. The maximum Gasteiger partial charge on any atom is 0.191 e. The molecule has 0 bridgehead atoms. The van der Waals surface area contributed by atoms with Crippen molar-refractivity contribution in [1.82, 2.24) is 15.2 Å². The van der Waals surface area contributed by atoms with Crippen LogP contribution in [-0.4, -0.2) is 24.7 Å². The second-order valence-electron chi connectivity index (χ2n) is 4.92. The largest absolute Gasteiger partial charge is 0.496 e. The molecule has 0 atom stereocenters. The number of hydrogen-bond acceptors (Lipinski definition) is 2. The van der Waals surface area contributed by atoms with Crippen LogP contribution in [0.25, 0.3) is 0 Å². The maximum absolute atomic E-state index is 6.07. The van der Waals surface area contributed by atoms with Gasteiger partial charge >= 0.3 is 0 Å². The molecular formula is C16H21Cl2IN4O. The third kappa shape index (κ3) is 5.19. The summed E-state index contributed by atoms with van der Waals surface area (Å²) in [7, 11) is 5.26. The van der Waals surface area contributed by atoms with E-state index in [4.69, 9.17) is 27.9 Å². The molecule has 0 saturated heterocycles. The van der Waals surface area contributed by atoms with E-state index in [0.717, 1.165) is 17.0 Å². The SMILES string of the molecule is CN=C(NCc1ccccc1OC)NCc1cc(Cl)c(Cl)n1C.I. The second kappa shape index (κ2) is 10.0. The average Bonchev–Trinajstić information content (AvgIpc) is 2.82. The fourth-order valence-electron chi connectivity index (χ4n) is 2.18. The van der Waals surface area contributed by atoms with Gasteiger partial charge in [0.15, 0.2) is 5.96 Å². The molecule has 0 unspecified atom stereocenters. The zero-order valence-electron chi connectivity index (χ0n) is 13.8. The van der Waals surface area contributed by atoms with Crippen LogP contribution in [-0.2, 0) is 20.1 Å². The zero-order chi connectivity index (χ0) is 16.8. The van der Waals surface area contributed by atoms with Crippen LogP contribution in [0.5, 0.6) is 5.75 Å². The highest BCUT2D eigenvalue weighted by molar-refractivity contribution is 14.0. The quantitative estimate of drug-likeness (QED) is 0.387. The Bertz CT molecular complexity index is 703. The molecule has 0 spiro atoms. The normalized spacial score (nSPS) is 11.0. The molecule has 0 amide bonds. The van der Waals surface area contributed by atoms with Crippen LogP contribution >= 0.6 is 47.2 Å². The van der Waals surface area contributed by atoms with E-state index in [2.05, 4.69) is 15.6 Å². The molecule has 0 aliphatic rings. The summed E-state index contributed by atoms with van der Waals surface area (Å²) in [5.41, 5.74) is 2.03. The zero-order valence-corrected chi connectivity index (χ0v) is 17.6. The molecule has 5 nitrogen and oxygen atoms in total. The summed E-state index contributed by atoms with van der Waals surface area (Å²) >= 11 is 12.1. The van der Waals surface area contributed by atoms with Gasteiger partial charge in [-0.2, -0.15) is 0 Å². The van der Waals surface area contributed by atoms with Crippen LogP contribution in [0.2, 0.25) is 10.2 Å². The summed E-state index contributed by atoms with van der Waals surface area (Å²) in [6, 6.07) is 9.70. The number of halogens is 3. The van der Waals surface area contributed by atoms with E-state index < -0.39 is 0 Å². The summed E-state index contributed by atoms with van der Waals surface area (Å²) in [4.78, 5) is 4.21. The smallest absolute Gasteiger partial charge is 0.191 e. The molecule has 2 aromatic rings. The Hall–Kier alpha value is -1.12. The Labute approximate surface area is 169 Å². The molecule has 0 saturated carbocycles. The highest BCUT2D eigenvalue weighted by atomic mass is 127.